The third kappa shape index (κ3) is 3.27. The van der Waals surface area contributed by atoms with Crippen LogP contribution in [0.4, 0.5) is 5.69 Å². The highest BCUT2D eigenvalue weighted by molar-refractivity contribution is 6.31. The number of nitrogens with zero attached hydrogens (tertiary/aromatic N) is 2. The fourth-order valence-corrected chi connectivity index (χ4v) is 2.77. The van der Waals surface area contributed by atoms with Gasteiger partial charge in [0.2, 0.25) is 0 Å². The zero-order valence-corrected chi connectivity index (χ0v) is 13.1. The second kappa shape index (κ2) is 6.67. The Morgan fingerprint density at radius 2 is 2.00 bits per heavy atom. The molecule has 1 aliphatic rings. The molecular formula is C18H15ClN2O2. The van der Waals surface area contributed by atoms with Gasteiger partial charge in [-0.3, -0.25) is 4.79 Å². The van der Waals surface area contributed by atoms with Crippen molar-refractivity contribution in [2.24, 2.45) is 5.16 Å². The minimum atomic E-state index is -0.116. The number of halogens is 1. The molecule has 0 atom stereocenters. The molecule has 0 saturated heterocycles. The topological polar surface area (TPSA) is 52.9 Å². The maximum atomic E-state index is 12.5. The van der Waals surface area contributed by atoms with Gasteiger partial charge in [-0.2, -0.15) is 0 Å². The van der Waals surface area contributed by atoms with Gasteiger partial charge in [0, 0.05) is 29.6 Å². The molecular weight excluding hydrogens is 312 g/mol. The largest absolute Gasteiger partial charge is 0.411 e. The average Bonchev–Trinajstić information content (AvgIpc) is 2.59. The van der Waals surface area contributed by atoms with E-state index in [-0.39, 0.29) is 5.91 Å². The van der Waals surface area contributed by atoms with Gasteiger partial charge in [-0.05, 0) is 29.8 Å². The predicted molar refractivity (Wildman–Crippen MR) is 92.2 cm³/mol. The summed E-state index contributed by atoms with van der Waals surface area (Å²) in [6.45, 7) is 0.464. The van der Waals surface area contributed by atoms with Gasteiger partial charge in [-0.25, -0.2) is 0 Å². The van der Waals surface area contributed by atoms with Crippen LogP contribution in [0.25, 0.3) is 6.08 Å². The first-order valence-electron chi connectivity index (χ1n) is 7.24. The number of benzene rings is 2. The summed E-state index contributed by atoms with van der Waals surface area (Å²) in [6, 6.07) is 14.9. The van der Waals surface area contributed by atoms with E-state index in [4.69, 9.17) is 16.8 Å². The molecule has 23 heavy (non-hydrogen) atoms. The standard InChI is InChI=1S/C18H15ClN2O2/c19-14-7-8-17-15(12-14)16(20-23)10-11-21(17)18(22)9-6-13-4-2-1-3-5-13/h1-9,12,23H,10-11H2/b9-6+,20-16-. The normalized spacial score (nSPS) is 15.9. The lowest BCUT2D eigenvalue weighted by molar-refractivity contribution is -0.114. The van der Waals surface area contributed by atoms with Crippen LogP contribution in [0, 0.1) is 0 Å². The monoisotopic (exact) mass is 326 g/mol. The molecule has 0 fully saturated rings. The van der Waals surface area contributed by atoms with Gasteiger partial charge in [0.15, 0.2) is 0 Å². The Labute approximate surface area is 139 Å². The third-order valence-corrected chi connectivity index (χ3v) is 3.97. The number of anilines is 1. The molecule has 1 N–H and O–H groups in total. The third-order valence-electron chi connectivity index (χ3n) is 3.74. The van der Waals surface area contributed by atoms with E-state index >= 15 is 0 Å². The average molecular weight is 327 g/mol. The van der Waals surface area contributed by atoms with E-state index in [1.165, 1.54) is 0 Å². The number of rotatable bonds is 2. The van der Waals surface area contributed by atoms with Crippen LogP contribution >= 0.6 is 11.6 Å². The van der Waals surface area contributed by atoms with Crippen molar-refractivity contribution >= 4 is 35.0 Å². The van der Waals surface area contributed by atoms with Crippen LogP contribution in [0.3, 0.4) is 0 Å². The number of fused-ring (bicyclic) bond motifs is 1. The molecule has 116 valence electrons. The zero-order valence-electron chi connectivity index (χ0n) is 12.3. The summed E-state index contributed by atoms with van der Waals surface area (Å²) in [5.74, 6) is -0.116. The van der Waals surface area contributed by atoms with Crippen molar-refractivity contribution in [1.82, 2.24) is 0 Å². The summed E-state index contributed by atoms with van der Waals surface area (Å²) in [5, 5.41) is 13.0. The SMILES string of the molecule is O=C(/C=C/c1ccccc1)N1CC/C(=N/O)c2cc(Cl)ccc21. The lowest BCUT2D eigenvalue weighted by Gasteiger charge is -2.29. The summed E-state index contributed by atoms with van der Waals surface area (Å²) < 4.78 is 0. The Bertz CT molecular complexity index is 785. The number of hydrogen-bond acceptors (Lipinski definition) is 3. The highest BCUT2D eigenvalue weighted by Gasteiger charge is 2.25. The summed E-state index contributed by atoms with van der Waals surface area (Å²) >= 11 is 6.01. The van der Waals surface area contributed by atoms with E-state index in [1.54, 1.807) is 35.3 Å². The number of carbonyl (C=O) groups excluding carboxylic acids is 1. The molecule has 1 heterocycles. The minimum Gasteiger partial charge on any atom is -0.411 e. The van der Waals surface area contributed by atoms with Crippen LogP contribution in [0.2, 0.25) is 5.02 Å². The van der Waals surface area contributed by atoms with Gasteiger partial charge >= 0.3 is 0 Å². The van der Waals surface area contributed by atoms with Gasteiger partial charge in [-0.15, -0.1) is 0 Å². The minimum absolute atomic E-state index is 0.116. The molecule has 0 spiro atoms. The first-order valence-corrected chi connectivity index (χ1v) is 7.62. The maximum Gasteiger partial charge on any atom is 0.251 e. The van der Waals surface area contributed by atoms with Crippen molar-refractivity contribution in [3.05, 3.63) is 70.8 Å². The Morgan fingerprint density at radius 3 is 2.74 bits per heavy atom. The second-order valence-corrected chi connectivity index (χ2v) is 5.63. The van der Waals surface area contributed by atoms with E-state index in [9.17, 15) is 4.79 Å². The van der Waals surface area contributed by atoms with E-state index in [0.29, 0.717) is 35.0 Å². The number of amides is 1. The van der Waals surface area contributed by atoms with Crippen molar-refractivity contribution < 1.29 is 10.0 Å². The van der Waals surface area contributed by atoms with Crippen LogP contribution in [0.15, 0.2) is 59.8 Å². The first kappa shape index (κ1) is 15.3. The van der Waals surface area contributed by atoms with Gasteiger partial charge < -0.3 is 10.1 Å². The van der Waals surface area contributed by atoms with E-state index in [1.807, 2.05) is 30.3 Å². The van der Waals surface area contributed by atoms with Crippen molar-refractivity contribution in [3.8, 4) is 0 Å². The Hall–Kier alpha value is -2.59. The van der Waals surface area contributed by atoms with Crippen LogP contribution < -0.4 is 4.90 Å². The number of oxime groups is 1. The quantitative estimate of drug-likeness (QED) is 0.516. The van der Waals surface area contributed by atoms with Crippen LogP contribution in [0.5, 0.6) is 0 Å². The molecule has 0 bridgehead atoms. The molecule has 2 aromatic carbocycles. The van der Waals surface area contributed by atoms with Crippen molar-refractivity contribution in [1.29, 1.82) is 0 Å². The molecule has 5 heteroatoms. The summed E-state index contributed by atoms with van der Waals surface area (Å²) in [7, 11) is 0. The smallest absolute Gasteiger partial charge is 0.251 e. The molecule has 0 aliphatic carbocycles. The number of carbonyl (C=O) groups is 1. The van der Waals surface area contributed by atoms with Gasteiger partial charge in [-0.1, -0.05) is 47.1 Å². The van der Waals surface area contributed by atoms with Gasteiger partial charge in [0.1, 0.15) is 0 Å². The summed E-state index contributed by atoms with van der Waals surface area (Å²) in [5.41, 5.74) is 2.90. The highest BCUT2D eigenvalue weighted by atomic mass is 35.5. The molecule has 0 unspecified atom stereocenters. The second-order valence-electron chi connectivity index (χ2n) is 5.19. The van der Waals surface area contributed by atoms with Crippen LogP contribution in [0.1, 0.15) is 17.5 Å². The lowest BCUT2D eigenvalue weighted by Crippen LogP contribution is -2.36. The molecule has 1 amide bonds. The van der Waals surface area contributed by atoms with Gasteiger partial charge in [0.05, 0.1) is 11.4 Å². The van der Waals surface area contributed by atoms with E-state index < -0.39 is 0 Å². The van der Waals surface area contributed by atoms with Gasteiger partial charge in [0.25, 0.3) is 5.91 Å². The van der Waals surface area contributed by atoms with Crippen molar-refractivity contribution in [2.45, 2.75) is 6.42 Å². The molecule has 4 nitrogen and oxygen atoms in total. The first-order chi connectivity index (χ1) is 11.2. The lowest BCUT2D eigenvalue weighted by atomic mass is 9.99. The van der Waals surface area contributed by atoms with Crippen molar-refractivity contribution in [3.63, 3.8) is 0 Å². The van der Waals surface area contributed by atoms with Crippen LogP contribution in [-0.2, 0) is 4.79 Å². The molecule has 0 saturated carbocycles. The molecule has 1 aliphatic heterocycles. The molecule has 0 aromatic heterocycles. The fourth-order valence-electron chi connectivity index (χ4n) is 2.60. The van der Waals surface area contributed by atoms with Crippen molar-refractivity contribution in [2.75, 3.05) is 11.4 Å². The molecule has 2 aromatic rings. The Morgan fingerprint density at radius 1 is 1.22 bits per heavy atom. The number of hydrogen-bond donors (Lipinski definition) is 1. The summed E-state index contributed by atoms with van der Waals surface area (Å²) in [6.07, 6.45) is 3.82. The van der Waals surface area contributed by atoms with E-state index in [2.05, 4.69) is 5.16 Å². The zero-order chi connectivity index (χ0) is 16.2. The van der Waals surface area contributed by atoms with E-state index in [0.717, 1.165) is 5.56 Å². The van der Waals surface area contributed by atoms with Crippen LogP contribution in [-0.4, -0.2) is 23.4 Å². The molecule has 0 radical (unpaired) electrons. The Balaban J connectivity index is 1.89. The molecule has 3 rings (SSSR count). The highest BCUT2D eigenvalue weighted by Crippen LogP contribution is 2.30. The fraction of sp³-hybridized carbons (Fsp3) is 0.111. The maximum absolute atomic E-state index is 12.5. The summed E-state index contributed by atoms with van der Waals surface area (Å²) in [4.78, 5) is 14.2. The predicted octanol–water partition coefficient (Wildman–Crippen LogP) is 3.97. The Kier molecular flexibility index (Phi) is 4.44.